The topological polar surface area (TPSA) is 28.2 Å². The first-order chi connectivity index (χ1) is 33.2. The Hall–Kier alpha value is 1.64. The molecule has 4 fully saturated rings. The predicted octanol–water partition coefficient (Wildman–Crippen LogP) is 23.0. The predicted molar refractivity (Wildman–Crippen MR) is 353 cm³/mol. The van der Waals surface area contributed by atoms with E-state index in [-0.39, 0.29) is 41.1 Å². The molecular weight excluding hydrogens is 1340 g/mol. The average molecular weight is 1430 g/mol. The smallest absolute Gasteiger partial charge is 0.684 e. The van der Waals surface area contributed by atoms with Gasteiger partial charge in [0.15, 0.2) is 0 Å². The third-order valence-electron chi connectivity index (χ3n) is 19.2. The maximum Gasteiger partial charge on any atom is 4.00 e. The largest absolute Gasteiger partial charge is 4.00 e. The van der Waals surface area contributed by atoms with E-state index in [1.807, 2.05) is 60.7 Å². The second kappa shape index (κ2) is 29.1. The molecule has 0 spiro atoms. The summed E-state index contributed by atoms with van der Waals surface area (Å²) in [6.45, 7) is 37.2. The molecule has 8 aliphatic rings. The Labute approximate surface area is 519 Å². The van der Waals surface area contributed by atoms with Crippen molar-refractivity contribution < 1.29 is 26.2 Å². The molecular formula is C60H90Br4N2S4Si2Zr. The molecule has 20 atom stereocenters. The molecule has 2 aromatic carbocycles. The van der Waals surface area contributed by atoms with Gasteiger partial charge >= 0.3 is 26.2 Å². The van der Waals surface area contributed by atoms with Gasteiger partial charge in [-0.1, -0.05) is 233 Å². The van der Waals surface area contributed by atoms with Gasteiger partial charge in [-0.25, -0.2) is 0 Å². The summed E-state index contributed by atoms with van der Waals surface area (Å²) < 4.78 is 5.94. The van der Waals surface area contributed by atoms with E-state index in [2.05, 4.69) is 238 Å². The molecule has 4 heterocycles. The summed E-state index contributed by atoms with van der Waals surface area (Å²) in [7, 11) is -2.86. The minimum Gasteiger partial charge on any atom is -0.684 e. The number of allylic oxidation sites excluding steroid dienone is 4. The van der Waals surface area contributed by atoms with Gasteiger partial charge < -0.3 is 25.5 Å². The number of rotatable bonds is 10. The Kier molecular flexibility index (Phi) is 26.7. The Balaban J connectivity index is 0.000000231. The number of thioether (sulfide) groups is 4. The van der Waals surface area contributed by atoms with E-state index >= 15 is 0 Å². The summed E-state index contributed by atoms with van der Waals surface area (Å²) in [6.07, 6.45) is 2.24. The van der Waals surface area contributed by atoms with Gasteiger partial charge in [-0.05, 0) is 91.1 Å². The summed E-state index contributed by atoms with van der Waals surface area (Å²) in [5.41, 5.74) is 5.83. The van der Waals surface area contributed by atoms with Gasteiger partial charge in [0.05, 0.1) is 16.1 Å². The zero-order valence-corrected chi connectivity index (χ0v) is 61.1. The molecule has 4 saturated carbocycles. The van der Waals surface area contributed by atoms with Crippen LogP contribution in [0.1, 0.15) is 82.1 Å². The SMILES string of the molecule is CC1C(C)C([Si](C)(C)C2C(C)C(C)C3C(Br)=CSC32)C2SC=C(Br)C12.CC1C(C)C([Si](C)(C)C2C(C)C(C)C3C(Br)=CSC32)C2SC=C(Br)C12.CCC.[CH3-].[CH3-].[Zr+4].c1ccc([N-]CCC[N-]c2ccccc2)cc1. The van der Waals surface area contributed by atoms with Crippen LogP contribution in [0, 0.1) is 85.9 Å². The Bertz CT molecular complexity index is 1930. The molecule has 0 N–H and O–H groups in total. The second-order valence-electron chi connectivity index (χ2n) is 23.6. The number of para-hydroxylation sites is 2. The van der Waals surface area contributed by atoms with E-state index in [9.17, 15) is 0 Å². The number of nitrogens with zero attached hydrogens (tertiary/aromatic N) is 2. The summed E-state index contributed by atoms with van der Waals surface area (Å²) >= 11 is 24.2. The van der Waals surface area contributed by atoms with Gasteiger partial charge in [0.1, 0.15) is 0 Å². The quantitative estimate of drug-likeness (QED) is 0.135. The molecule has 10 rings (SSSR count). The van der Waals surface area contributed by atoms with Gasteiger partial charge in [-0.15, -0.1) is 71.5 Å². The summed E-state index contributed by atoms with van der Waals surface area (Å²) in [5.74, 6) is 9.74. The van der Waals surface area contributed by atoms with Crippen molar-refractivity contribution in [1.29, 1.82) is 0 Å². The molecule has 13 heteroatoms. The molecule has 4 aliphatic heterocycles. The molecule has 2 nitrogen and oxygen atoms in total. The van der Waals surface area contributed by atoms with Crippen LogP contribution in [-0.4, -0.2) is 50.2 Å². The van der Waals surface area contributed by atoms with Crippen LogP contribution in [0.2, 0.25) is 48.4 Å². The van der Waals surface area contributed by atoms with Crippen molar-refractivity contribution in [2.75, 3.05) is 13.1 Å². The molecule has 0 saturated heterocycles. The van der Waals surface area contributed by atoms with Gasteiger partial charge in [0, 0.05) is 62.6 Å². The standard InChI is InChI=1S/2C20H30Br2S2Si.C15H16N2.C3H8.2CH3.Zr/c2*1-9-11(3)19(17-15(9)13(21)7-23-17)25(5,6)20-12(4)10(2)16-14(22)8-24-18(16)20;1-3-8-14(9-4-1)16-12-7-13-17-15-10-5-2-6-11-15;1-3-2;;;/h2*7-12,15-20H,1-6H3;1-6,8-11H,7,12-13H2;3H2,1-2H3;2*1H3;/q;;-2;;2*-1;+4. The molecule has 0 aromatic heterocycles. The zero-order valence-electron chi connectivity index (χ0n) is 47.0. The zero-order chi connectivity index (χ0) is 51.0. The number of fused-ring (bicyclic) bond motifs is 4. The molecule has 404 valence electrons. The van der Waals surface area contributed by atoms with E-state index in [0.29, 0.717) is 0 Å². The van der Waals surface area contributed by atoms with Crippen molar-refractivity contribution in [2.45, 2.75) is 151 Å². The van der Waals surface area contributed by atoms with Crippen LogP contribution in [0.3, 0.4) is 0 Å². The summed E-state index contributed by atoms with van der Waals surface area (Å²) in [4.78, 5) is 0. The van der Waals surface area contributed by atoms with Crippen LogP contribution in [-0.2, 0) is 26.2 Å². The fraction of sp³-hybridized carbons (Fsp3) is 0.633. The fourth-order valence-electron chi connectivity index (χ4n) is 15.5. The van der Waals surface area contributed by atoms with Crippen molar-refractivity contribution in [3.63, 3.8) is 0 Å². The number of hydrogen-bond acceptors (Lipinski definition) is 4. The maximum atomic E-state index is 4.48. The average Bonchev–Trinajstić information content (AvgIpc) is 4.22. The van der Waals surface area contributed by atoms with Crippen LogP contribution in [0.5, 0.6) is 0 Å². The van der Waals surface area contributed by atoms with Crippen LogP contribution < -0.4 is 0 Å². The molecule has 20 unspecified atom stereocenters. The van der Waals surface area contributed by atoms with Crippen molar-refractivity contribution in [3.8, 4) is 0 Å². The van der Waals surface area contributed by atoms with E-state index in [4.69, 9.17) is 0 Å². The minimum atomic E-state index is -1.43. The molecule has 0 bridgehead atoms. The first kappa shape index (κ1) is 67.1. The van der Waals surface area contributed by atoms with Crippen molar-refractivity contribution in [2.24, 2.45) is 71.0 Å². The van der Waals surface area contributed by atoms with Crippen LogP contribution >= 0.6 is 111 Å². The molecule has 2 aromatic rings. The van der Waals surface area contributed by atoms with Gasteiger partial charge in [-0.3, -0.25) is 0 Å². The summed E-state index contributed by atoms with van der Waals surface area (Å²) in [5, 5.41) is 21.9. The van der Waals surface area contributed by atoms with Crippen LogP contribution in [0.4, 0.5) is 11.4 Å². The molecule has 0 amide bonds. The second-order valence-corrected chi connectivity index (χ2v) is 41.5. The number of halogens is 4. The van der Waals surface area contributed by atoms with Gasteiger partial charge in [0.25, 0.3) is 0 Å². The van der Waals surface area contributed by atoms with E-state index in [1.165, 1.54) is 24.4 Å². The molecule has 0 radical (unpaired) electrons. The van der Waals surface area contributed by atoms with E-state index in [1.54, 1.807) is 0 Å². The van der Waals surface area contributed by atoms with Crippen molar-refractivity contribution in [1.82, 2.24) is 0 Å². The third-order valence-corrected chi connectivity index (χ3v) is 39.9. The van der Waals surface area contributed by atoms with Crippen molar-refractivity contribution in [3.05, 3.63) is 126 Å². The minimum absolute atomic E-state index is 0. The fourth-order valence-corrected chi connectivity index (χ4v) is 42.9. The van der Waals surface area contributed by atoms with Crippen LogP contribution in [0.15, 0.2) is 100 Å². The normalized spacial score (nSPS) is 38.3. The number of hydrogen-bond donors (Lipinski definition) is 0. The third kappa shape index (κ3) is 13.8. The van der Waals surface area contributed by atoms with Gasteiger partial charge in [-0.2, -0.15) is 0 Å². The van der Waals surface area contributed by atoms with Crippen LogP contribution in [0.25, 0.3) is 10.6 Å². The first-order valence-electron chi connectivity index (χ1n) is 26.7. The van der Waals surface area contributed by atoms with E-state index < -0.39 is 16.1 Å². The first-order valence-corrected chi connectivity index (χ1v) is 40.0. The Morgan fingerprint density at radius 1 is 0.411 bits per heavy atom. The summed E-state index contributed by atoms with van der Waals surface area (Å²) in [6, 6.07) is 20.1. The maximum absolute atomic E-state index is 4.48. The Morgan fingerprint density at radius 2 is 0.630 bits per heavy atom. The number of benzene rings is 2. The molecule has 4 aliphatic carbocycles. The monoisotopic (exact) mass is 1430 g/mol. The van der Waals surface area contributed by atoms with E-state index in [0.717, 1.165) is 145 Å². The van der Waals surface area contributed by atoms with Gasteiger partial charge in [0.2, 0.25) is 0 Å². The Morgan fingerprint density at radius 3 is 0.849 bits per heavy atom. The molecule has 73 heavy (non-hydrogen) atoms. The van der Waals surface area contributed by atoms with Crippen molar-refractivity contribution >= 4 is 138 Å².